The minimum Gasteiger partial charge on any atom is -0.508 e. The average molecular weight is 224 g/mol. The van der Waals surface area contributed by atoms with Crippen LogP contribution in [0.2, 0.25) is 5.02 Å². The van der Waals surface area contributed by atoms with Gasteiger partial charge in [0.25, 0.3) is 0 Å². The number of aryl methyl sites for hydroxylation is 1. The molecule has 2 nitrogen and oxygen atoms in total. The molecule has 80 valence electrons. The van der Waals surface area contributed by atoms with Crippen molar-refractivity contribution in [2.75, 3.05) is 0 Å². The van der Waals surface area contributed by atoms with Crippen molar-refractivity contribution in [3.05, 3.63) is 35.0 Å². The van der Waals surface area contributed by atoms with Gasteiger partial charge in [-0.15, -0.1) is 0 Å². The summed E-state index contributed by atoms with van der Waals surface area (Å²) in [7, 11) is 0. The molecule has 0 aliphatic rings. The van der Waals surface area contributed by atoms with Crippen molar-refractivity contribution in [1.82, 2.24) is 4.98 Å². The molecule has 1 aromatic heterocycles. The van der Waals surface area contributed by atoms with Crippen LogP contribution in [0.5, 0.6) is 5.75 Å². The molecule has 1 heterocycles. The van der Waals surface area contributed by atoms with Crippen molar-refractivity contribution < 1.29 is 5.11 Å². The molecular weight excluding hydrogens is 210 g/mol. The monoisotopic (exact) mass is 223 g/mol. The van der Waals surface area contributed by atoms with E-state index in [9.17, 15) is 5.11 Å². The Morgan fingerprint density at radius 1 is 1.20 bits per heavy atom. The fraction of sp³-hybridized carbons (Fsp3) is 0.250. The summed E-state index contributed by atoms with van der Waals surface area (Å²) >= 11 is 5.99. The lowest BCUT2D eigenvalue weighted by Gasteiger charge is -2.01. The zero-order valence-corrected chi connectivity index (χ0v) is 9.84. The van der Waals surface area contributed by atoms with Gasteiger partial charge in [-0.05, 0) is 25.1 Å². The number of aromatic nitrogens is 1. The second kappa shape index (κ2) is 4.99. The van der Waals surface area contributed by atoms with Crippen LogP contribution >= 0.6 is 11.6 Å². The molecule has 0 atom stereocenters. The number of rotatable bonds is 0. The van der Waals surface area contributed by atoms with E-state index in [4.69, 9.17) is 11.6 Å². The maximum atomic E-state index is 9.23. The number of nitrogens with zero attached hydrogens (tertiary/aromatic N) is 1. The van der Waals surface area contributed by atoms with Gasteiger partial charge < -0.3 is 5.11 Å². The van der Waals surface area contributed by atoms with Crippen molar-refractivity contribution in [3.63, 3.8) is 0 Å². The summed E-state index contributed by atoms with van der Waals surface area (Å²) in [6.07, 6.45) is 0. The molecule has 0 aliphatic carbocycles. The molecule has 1 aromatic carbocycles. The Hall–Kier alpha value is -1.28. The molecule has 3 heteroatoms. The molecule has 0 radical (unpaired) electrons. The predicted molar refractivity (Wildman–Crippen MR) is 64.5 cm³/mol. The molecule has 1 N–H and O–H groups in total. The van der Waals surface area contributed by atoms with E-state index in [0.29, 0.717) is 5.02 Å². The molecular formula is C12H14ClNO. The Morgan fingerprint density at radius 3 is 2.53 bits per heavy atom. The molecule has 2 aromatic rings. The molecule has 0 spiro atoms. The van der Waals surface area contributed by atoms with E-state index in [0.717, 1.165) is 16.6 Å². The van der Waals surface area contributed by atoms with Crippen LogP contribution in [0.1, 0.15) is 19.5 Å². The fourth-order valence-corrected chi connectivity index (χ4v) is 1.62. The third-order valence-corrected chi connectivity index (χ3v) is 2.18. The smallest absolute Gasteiger partial charge is 0.117 e. The summed E-state index contributed by atoms with van der Waals surface area (Å²) < 4.78 is 0. The van der Waals surface area contributed by atoms with Gasteiger partial charge in [0, 0.05) is 17.1 Å². The lowest BCUT2D eigenvalue weighted by molar-refractivity contribution is 0.476. The van der Waals surface area contributed by atoms with Crippen LogP contribution in [-0.2, 0) is 0 Å². The number of fused-ring (bicyclic) bond motifs is 1. The number of hydrogen-bond donors (Lipinski definition) is 1. The third kappa shape index (κ3) is 2.60. The minimum atomic E-state index is 0.210. The SMILES string of the molecule is CC.Cc1cc(Cl)c2ccc(O)cc2n1. The summed E-state index contributed by atoms with van der Waals surface area (Å²) in [5.41, 5.74) is 1.58. The largest absolute Gasteiger partial charge is 0.508 e. The predicted octanol–water partition coefficient (Wildman–Crippen LogP) is 3.93. The van der Waals surface area contributed by atoms with Crippen molar-refractivity contribution in [2.24, 2.45) is 0 Å². The number of hydrogen-bond acceptors (Lipinski definition) is 2. The van der Waals surface area contributed by atoms with Crippen LogP contribution in [0.4, 0.5) is 0 Å². The van der Waals surface area contributed by atoms with Gasteiger partial charge in [-0.1, -0.05) is 25.4 Å². The summed E-state index contributed by atoms with van der Waals surface area (Å²) in [5, 5.41) is 10.8. The van der Waals surface area contributed by atoms with E-state index >= 15 is 0 Å². The van der Waals surface area contributed by atoms with E-state index in [2.05, 4.69) is 4.98 Å². The van der Waals surface area contributed by atoms with Crippen molar-refractivity contribution in [2.45, 2.75) is 20.8 Å². The number of halogens is 1. The van der Waals surface area contributed by atoms with Gasteiger partial charge in [-0.2, -0.15) is 0 Å². The van der Waals surface area contributed by atoms with E-state index in [1.807, 2.05) is 20.8 Å². The highest BCUT2D eigenvalue weighted by Crippen LogP contribution is 2.25. The second-order valence-corrected chi connectivity index (χ2v) is 3.35. The van der Waals surface area contributed by atoms with E-state index < -0.39 is 0 Å². The Kier molecular flexibility index (Phi) is 3.92. The molecule has 0 aliphatic heterocycles. The molecule has 0 amide bonds. The van der Waals surface area contributed by atoms with Gasteiger partial charge in [0.1, 0.15) is 5.75 Å². The van der Waals surface area contributed by atoms with Gasteiger partial charge in [-0.25, -0.2) is 0 Å². The van der Waals surface area contributed by atoms with Gasteiger partial charge in [0.05, 0.1) is 10.5 Å². The van der Waals surface area contributed by atoms with Crippen molar-refractivity contribution >= 4 is 22.5 Å². The molecule has 0 fully saturated rings. The summed E-state index contributed by atoms with van der Waals surface area (Å²) in [6.45, 7) is 5.87. The number of aromatic hydroxyl groups is 1. The average Bonchev–Trinajstić information content (AvgIpc) is 2.19. The van der Waals surface area contributed by atoms with Gasteiger partial charge >= 0.3 is 0 Å². The molecule has 0 unspecified atom stereocenters. The summed E-state index contributed by atoms with van der Waals surface area (Å²) in [5.74, 6) is 0.210. The van der Waals surface area contributed by atoms with E-state index in [-0.39, 0.29) is 5.75 Å². The minimum absolute atomic E-state index is 0.210. The number of phenolic OH excluding ortho intramolecular Hbond substituents is 1. The first-order valence-corrected chi connectivity index (χ1v) is 5.30. The van der Waals surface area contributed by atoms with Crippen LogP contribution in [0.25, 0.3) is 10.9 Å². The molecule has 0 bridgehead atoms. The first kappa shape index (κ1) is 11.8. The molecule has 2 rings (SSSR count). The van der Waals surface area contributed by atoms with Crippen LogP contribution in [0, 0.1) is 6.92 Å². The highest BCUT2D eigenvalue weighted by Gasteiger charge is 2.01. The van der Waals surface area contributed by atoms with Gasteiger partial charge in [0.15, 0.2) is 0 Å². The number of pyridine rings is 1. The lowest BCUT2D eigenvalue weighted by atomic mass is 10.2. The standard InChI is InChI=1S/C10H8ClNO.C2H6/c1-6-4-9(11)8-3-2-7(13)5-10(8)12-6;1-2/h2-5,13H,1H3;1-2H3. The number of phenols is 1. The van der Waals surface area contributed by atoms with Gasteiger partial charge in [0.2, 0.25) is 0 Å². The summed E-state index contributed by atoms with van der Waals surface area (Å²) in [6, 6.07) is 6.78. The Morgan fingerprint density at radius 2 is 1.87 bits per heavy atom. The lowest BCUT2D eigenvalue weighted by Crippen LogP contribution is -1.83. The summed E-state index contributed by atoms with van der Waals surface area (Å²) in [4.78, 5) is 4.25. The molecule has 0 saturated heterocycles. The fourth-order valence-electron chi connectivity index (χ4n) is 1.30. The second-order valence-electron chi connectivity index (χ2n) is 2.95. The topological polar surface area (TPSA) is 33.1 Å². The van der Waals surface area contributed by atoms with E-state index in [1.165, 1.54) is 0 Å². The van der Waals surface area contributed by atoms with Crippen LogP contribution in [0.15, 0.2) is 24.3 Å². The van der Waals surface area contributed by atoms with Crippen LogP contribution in [0.3, 0.4) is 0 Å². The maximum Gasteiger partial charge on any atom is 0.117 e. The van der Waals surface area contributed by atoms with Gasteiger partial charge in [-0.3, -0.25) is 4.98 Å². The van der Waals surface area contributed by atoms with Crippen LogP contribution in [-0.4, -0.2) is 10.1 Å². The zero-order valence-electron chi connectivity index (χ0n) is 9.08. The number of benzene rings is 1. The Bertz CT molecular complexity index is 463. The Balaban J connectivity index is 0.000000531. The highest BCUT2D eigenvalue weighted by molar-refractivity contribution is 6.35. The zero-order chi connectivity index (χ0) is 11.4. The van der Waals surface area contributed by atoms with E-state index in [1.54, 1.807) is 24.3 Å². The molecule has 15 heavy (non-hydrogen) atoms. The normalized spacial score (nSPS) is 9.60. The first-order chi connectivity index (χ1) is 7.16. The Labute approximate surface area is 94.5 Å². The van der Waals surface area contributed by atoms with Crippen LogP contribution < -0.4 is 0 Å². The molecule has 0 saturated carbocycles. The maximum absolute atomic E-state index is 9.23. The third-order valence-electron chi connectivity index (χ3n) is 1.87. The van der Waals surface area contributed by atoms with Crippen molar-refractivity contribution in [1.29, 1.82) is 0 Å². The quantitative estimate of drug-likeness (QED) is 0.734. The highest BCUT2D eigenvalue weighted by atomic mass is 35.5. The van der Waals surface area contributed by atoms with Crippen molar-refractivity contribution in [3.8, 4) is 5.75 Å². The first-order valence-electron chi connectivity index (χ1n) is 4.93.